The summed E-state index contributed by atoms with van der Waals surface area (Å²) in [5, 5.41) is 10.0. The molecule has 4 rings (SSSR count). The van der Waals surface area contributed by atoms with E-state index < -0.39 is 0 Å². The summed E-state index contributed by atoms with van der Waals surface area (Å²) in [7, 11) is 0. The first-order chi connectivity index (χ1) is 13.6. The quantitative estimate of drug-likeness (QED) is 0.502. The lowest BCUT2D eigenvalue weighted by molar-refractivity contribution is -0.130. The highest BCUT2D eigenvalue weighted by Crippen LogP contribution is 2.23. The molecule has 1 amide bonds. The molecule has 0 saturated carbocycles. The minimum Gasteiger partial charge on any atom is -0.338 e. The van der Waals surface area contributed by atoms with E-state index in [0.29, 0.717) is 17.3 Å². The molecule has 0 aliphatic rings. The minimum absolute atomic E-state index is 0.0594. The van der Waals surface area contributed by atoms with Gasteiger partial charge in [0.1, 0.15) is 5.52 Å². The molecule has 0 atom stereocenters. The summed E-state index contributed by atoms with van der Waals surface area (Å²) in [5.74, 6) is 0.336. The number of hydrogen-bond acceptors (Lipinski definition) is 5. The first kappa shape index (κ1) is 18.4. The largest absolute Gasteiger partial charge is 0.338 e. The Hall–Kier alpha value is -2.93. The van der Waals surface area contributed by atoms with E-state index >= 15 is 0 Å². The maximum atomic E-state index is 12.8. The second-order valence-corrected chi connectivity index (χ2v) is 7.79. The first-order valence-electron chi connectivity index (χ1n) is 9.19. The van der Waals surface area contributed by atoms with Crippen molar-refractivity contribution in [1.29, 1.82) is 0 Å². The van der Waals surface area contributed by atoms with E-state index in [1.807, 2.05) is 73.3 Å². The molecule has 142 valence electrons. The molecule has 0 spiro atoms. The normalized spacial score (nSPS) is 11.4. The third kappa shape index (κ3) is 3.84. The van der Waals surface area contributed by atoms with E-state index in [2.05, 4.69) is 20.2 Å². The van der Waals surface area contributed by atoms with Crippen LogP contribution in [-0.4, -0.2) is 42.8 Å². The summed E-state index contributed by atoms with van der Waals surface area (Å²) in [6, 6.07) is 18.0. The number of rotatable bonds is 6. The number of aromatic nitrogens is 4. The van der Waals surface area contributed by atoms with Gasteiger partial charge < -0.3 is 9.88 Å². The Balaban J connectivity index is 1.47. The molecule has 6 nitrogen and oxygen atoms in total. The zero-order chi connectivity index (χ0) is 19.5. The van der Waals surface area contributed by atoms with Crippen LogP contribution in [0.25, 0.3) is 22.1 Å². The Morgan fingerprint density at radius 1 is 1.07 bits per heavy atom. The molecule has 0 fully saturated rings. The van der Waals surface area contributed by atoms with E-state index in [1.54, 1.807) is 0 Å². The maximum absolute atomic E-state index is 12.8. The summed E-state index contributed by atoms with van der Waals surface area (Å²) in [6.45, 7) is 4.65. The average molecular weight is 392 g/mol. The molecule has 1 N–H and O–H groups in total. The van der Waals surface area contributed by atoms with Crippen LogP contribution >= 0.6 is 11.8 Å². The number of carbonyl (C=O) groups excluding carboxylic acids is 1. The molecule has 2 heterocycles. The number of hydrogen-bond donors (Lipinski definition) is 1. The Labute approximate surface area is 167 Å². The molecule has 0 aliphatic carbocycles. The number of carbonyl (C=O) groups is 1. The lowest BCUT2D eigenvalue weighted by Gasteiger charge is -2.26. The fourth-order valence-electron chi connectivity index (χ4n) is 3.12. The number of benzene rings is 2. The van der Waals surface area contributed by atoms with E-state index in [-0.39, 0.29) is 17.7 Å². The molecule has 4 aromatic rings. The van der Waals surface area contributed by atoms with Crippen molar-refractivity contribution in [1.82, 2.24) is 25.1 Å². The molecule has 2 aromatic carbocycles. The van der Waals surface area contributed by atoms with Crippen molar-refractivity contribution in [2.45, 2.75) is 31.6 Å². The smallest absolute Gasteiger partial charge is 0.233 e. The molecule has 0 bridgehead atoms. The zero-order valence-electron chi connectivity index (χ0n) is 15.8. The molecular weight excluding hydrogens is 370 g/mol. The lowest BCUT2D eigenvalue weighted by Crippen LogP contribution is -2.37. The zero-order valence-corrected chi connectivity index (χ0v) is 16.6. The number of fused-ring (bicyclic) bond motifs is 3. The lowest BCUT2D eigenvalue weighted by atomic mass is 10.2. The van der Waals surface area contributed by atoms with Gasteiger partial charge in [0.15, 0.2) is 5.65 Å². The molecule has 0 radical (unpaired) electrons. The van der Waals surface area contributed by atoms with Crippen molar-refractivity contribution in [2.24, 2.45) is 0 Å². The molecule has 0 saturated heterocycles. The van der Waals surface area contributed by atoms with Gasteiger partial charge in [-0.3, -0.25) is 4.79 Å². The summed E-state index contributed by atoms with van der Waals surface area (Å²) in [6.07, 6.45) is 0. The second-order valence-electron chi connectivity index (χ2n) is 6.85. The van der Waals surface area contributed by atoms with E-state index in [1.165, 1.54) is 11.8 Å². The standard InChI is InChI=1S/C21H21N5OS/c1-14(2)26(12-15-8-4-3-5-9-15)18(27)13-28-21-23-20-19(24-25-21)16-10-6-7-11-17(16)22-20/h3-11,14H,12-13H2,1-2H3,(H,22,23,25). The first-order valence-corrected chi connectivity index (χ1v) is 10.2. The van der Waals surface area contributed by atoms with Crippen molar-refractivity contribution in [3.63, 3.8) is 0 Å². The van der Waals surface area contributed by atoms with Gasteiger partial charge in [-0.1, -0.05) is 60.3 Å². The summed E-state index contributed by atoms with van der Waals surface area (Å²) >= 11 is 1.31. The highest BCUT2D eigenvalue weighted by Gasteiger charge is 2.18. The van der Waals surface area contributed by atoms with E-state index in [4.69, 9.17) is 0 Å². The van der Waals surface area contributed by atoms with Gasteiger partial charge in [-0.25, -0.2) is 4.98 Å². The van der Waals surface area contributed by atoms with Crippen LogP contribution in [0.15, 0.2) is 59.8 Å². The van der Waals surface area contributed by atoms with Crippen LogP contribution in [0.4, 0.5) is 0 Å². The van der Waals surface area contributed by atoms with Gasteiger partial charge >= 0.3 is 0 Å². The van der Waals surface area contributed by atoms with Crippen LogP contribution in [0.2, 0.25) is 0 Å². The topological polar surface area (TPSA) is 74.8 Å². The van der Waals surface area contributed by atoms with Crippen LogP contribution in [-0.2, 0) is 11.3 Å². The van der Waals surface area contributed by atoms with Crippen LogP contribution in [0.1, 0.15) is 19.4 Å². The monoisotopic (exact) mass is 391 g/mol. The van der Waals surface area contributed by atoms with Crippen molar-refractivity contribution in [3.8, 4) is 0 Å². The van der Waals surface area contributed by atoms with Crippen LogP contribution in [0.3, 0.4) is 0 Å². The Morgan fingerprint density at radius 3 is 2.61 bits per heavy atom. The number of para-hydroxylation sites is 1. The Bertz CT molecular complexity index is 1110. The van der Waals surface area contributed by atoms with Crippen LogP contribution < -0.4 is 0 Å². The van der Waals surface area contributed by atoms with Gasteiger partial charge in [-0.05, 0) is 25.5 Å². The predicted molar refractivity (Wildman–Crippen MR) is 112 cm³/mol. The van der Waals surface area contributed by atoms with Crippen molar-refractivity contribution in [2.75, 3.05) is 5.75 Å². The van der Waals surface area contributed by atoms with Gasteiger partial charge in [0.25, 0.3) is 0 Å². The maximum Gasteiger partial charge on any atom is 0.233 e. The van der Waals surface area contributed by atoms with Crippen molar-refractivity contribution < 1.29 is 4.79 Å². The molecule has 2 aromatic heterocycles. The summed E-state index contributed by atoms with van der Waals surface area (Å²) in [5.41, 5.74) is 3.54. The summed E-state index contributed by atoms with van der Waals surface area (Å²) in [4.78, 5) is 22.5. The number of nitrogens with zero attached hydrogens (tertiary/aromatic N) is 4. The number of thioether (sulfide) groups is 1. The summed E-state index contributed by atoms with van der Waals surface area (Å²) < 4.78 is 0. The SMILES string of the molecule is CC(C)N(Cc1ccccc1)C(=O)CSc1nnc2c(n1)[nH]c1ccccc12. The number of amides is 1. The highest BCUT2D eigenvalue weighted by atomic mass is 32.2. The molecule has 0 aliphatic heterocycles. The fourth-order valence-corrected chi connectivity index (χ4v) is 3.79. The third-order valence-electron chi connectivity index (χ3n) is 4.57. The van der Waals surface area contributed by atoms with Crippen molar-refractivity contribution >= 4 is 39.7 Å². The Kier molecular flexibility index (Phi) is 5.25. The van der Waals surface area contributed by atoms with Gasteiger partial charge in [0, 0.05) is 23.5 Å². The highest BCUT2D eigenvalue weighted by molar-refractivity contribution is 7.99. The van der Waals surface area contributed by atoms with Crippen LogP contribution in [0.5, 0.6) is 0 Å². The number of H-pyrrole nitrogens is 1. The molecular formula is C21H21N5OS. The third-order valence-corrected chi connectivity index (χ3v) is 5.39. The van der Waals surface area contributed by atoms with E-state index in [9.17, 15) is 4.79 Å². The van der Waals surface area contributed by atoms with Crippen molar-refractivity contribution in [3.05, 3.63) is 60.2 Å². The van der Waals surface area contributed by atoms with Gasteiger partial charge in [0.05, 0.1) is 5.75 Å². The van der Waals surface area contributed by atoms with Gasteiger partial charge in [0.2, 0.25) is 11.1 Å². The number of nitrogens with one attached hydrogen (secondary N) is 1. The van der Waals surface area contributed by atoms with E-state index in [0.717, 1.165) is 22.0 Å². The predicted octanol–water partition coefficient (Wildman–Crippen LogP) is 4.04. The van der Waals surface area contributed by atoms with Gasteiger partial charge in [-0.15, -0.1) is 10.2 Å². The molecule has 0 unspecified atom stereocenters. The second kappa shape index (κ2) is 7.98. The fraction of sp³-hybridized carbons (Fsp3) is 0.238. The van der Waals surface area contributed by atoms with Gasteiger partial charge in [-0.2, -0.15) is 0 Å². The van der Waals surface area contributed by atoms with Crippen LogP contribution in [0, 0.1) is 0 Å². The average Bonchev–Trinajstić information content (AvgIpc) is 3.08. The number of aromatic amines is 1. The minimum atomic E-state index is 0.0594. The molecule has 28 heavy (non-hydrogen) atoms. The molecule has 7 heteroatoms. The Morgan fingerprint density at radius 2 is 1.82 bits per heavy atom.